The van der Waals surface area contributed by atoms with Gasteiger partial charge >= 0.3 is 5.97 Å². The lowest BCUT2D eigenvalue weighted by atomic mass is 10.1. The standard InChI is InChI=1S/C10H16O8/c1-16-3-5(12)4-17-9-7(14)10(15)18-8(9)6(13)2-11/h5-6,8-9,11-13H,2-4H2,1H3/t5?,6-,8+,9?/m0/s1. The van der Waals surface area contributed by atoms with Gasteiger partial charge in [-0.1, -0.05) is 0 Å². The average Bonchev–Trinajstić information content (AvgIpc) is 2.63. The second-order valence-corrected chi connectivity index (χ2v) is 3.85. The van der Waals surface area contributed by atoms with Crippen molar-refractivity contribution in [2.45, 2.75) is 24.4 Å². The highest BCUT2D eigenvalue weighted by molar-refractivity contribution is 6.37. The van der Waals surface area contributed by atoms with Crippen molar-refractivity contribution in [3.63, 3.8) is 0 Å². The van der Waals surface area contributed by atoms with Gasteiger partial charge in [-0.05, 0) is 0 Å². The predicted octanol–water partition coefficient (Wildman–Crippen LogP) is -2.77. The first-order valence-corrected chi connectivity index (χ1v) is 5.33. The smallest absolute Gasteiger partial charge is 0.378 e. The summed E-state index contributed by atoms with van der Waals surface area (Å²) in [4.78, 5) is 22.5. The summed E-state index contributed by atoms with van der Waals surface area (Å²) >= 11 is 0. The van der Waals surface area contributed by atoms with E-state index >= 15 is 0 Å². The molecule has 1 rings (SSSR count). The molecule has 1 saturated heterocycles. The van der Waals surface area contributed by atoms with Gasteiger partial charge in [0.15, 0.2) is 12.2 Å². The molecule has 18 heavy (non-hydrogen) atoms. The van der Waals surface area contributed by atoms with Crippen LogP contribution in [0.3, 0.4) is 0 Å². The number of rotatable bonds is 7. The fraction of sp³-hybridized carbons (Fsp3) is 0.800. The van der Waals surface area contributed by atoms with E-state index in [0.717, 1.165) is 0 Å². The molecule has 8 nitrogen and oxygen atoms in total. The predicted molar refractivity (Wildman–Crippen MR) is 55.6 cm³/mol. The third-order valence-corrected chi connectivity index (χ3v) is 2.39. The number of aliphatic hydroxyl groups is 3. The van der Waals surface area contributed by atoms with Crippen molar-refractivity contribution in [1.82, 2.24) is 0 Å². The second kappa shape index (κ2) is 6.76. The summed E-state index contributed by atoms with van der Waals surface area (Å²) in [6.45, 7) is -0.926. The number of Topliss-reactive ketones (excluding diaryl/α,β-unsaturated/α-hetero) is 1. The Morgan fingerprint density at radius 3 is 2.56 bits per heavy atom. The molecule has 0 aromatic heterocycles. The van der Waals surface area contributed by atoms with Gasteiger partial charge in [0.05, 0.1) is 19.8 Å². The van der Waals surface area contributed by atoms with Crippen LogP contribution in [0.2, 0.25) is 0 Å². The highest BCUT2D eigenvalue weighted by atomic mass is 16.6. The van der Waals surface area contributed by atoms with Crippen molar-refractivity contribution in [3.05, 3.63) is 0 Å². The Morgan fingerprint density at radius 1 is 1.33 bits per heavy atom. The van der Waals surface area contributed by atoms with Crippen LogP contribution < -0.4 is 0 Å². The summed E-state index contributed by atoms with van der Waals surface area (Å²) in [5, 5.41) is 27.5. The van der Waals surface area contributed by atoms with Crippen LogP contribution in [0.25, 0.3) is 0 Å². The van der Waals surface area contributed by atoms with Crippen LogP contribution in [0.1, 0.15) is 0 Å². The molecule has 0 aliphatic carbocycles. The Balaban J connectivity index is 2.59. The van der Waals surface area contributed by atoms with E-state index in [4.69, 9.17) is 9.84 Å². The van der Waals surface area contributed by atoms with Gasteiger partial charge in [0.25, 0.3) is 5.78 Å². The van der Waals surface area contributed by atoms with Gasteiger partial charge in [0.2, 0.25) is 0 Å². The minimum atomic E-state index is -1.41. The summed E-state index contributed by atoms with van der Waals surface area (Å²) in [6.07, 6.45) is -4.97. The highest BCUT2D eigenvalue weighted by Gasteiger charge is 2.48. The molecule has 0 saturated carbocycles. The van der Waals surface area contributed by atoms with Crippen molar-refractivity contribution in [2.24, 2.45) is 0 Å². The van der Waals surface area contributed by atoms with E-state index in [-0.39, 0.29) is 13.2 Å². The van der Waals surface area contributed by atoms with Gasteiger partial charge in [0, 0.05) is 7.11 Å². The summed E-state index contributed by atoms with van der Waals surface area (Å²) < 4.78 is 14.3. The van der Waals surface area contributed by atoms with Crippen molar-refractivity contribution in [3.8, 4) is 0 Å². The molecule has 0 bridgehead atoms. The van der Waals surface area contributed by atoms with Crippen LogP contribution in [-0.4, -0.2) is 78.4 Å². The fourth-order valence-corrected chi connectivity index (χ4v) is 1.52. The first kappa shape index (κ1) is 15.0. The van der Waals surface area contributed by atoms with Gasteiger partial charge in [-0.25, -0.2) is 4.79 Å². The summed E-state index contributed by atoms with van der Waals surface area (Å²) in [6, 6.07) is 0. The Morgan fingerprint density at radius 2 is 2.00 bits per heavy atom. The van der Waals surface area contributed by atoms with E-state index in [0.29, 0.717) is 0 Å². The number of esters is 1. The Hall–Kier alpha value is -1.06. The molecule has 1 heterocycles. The molecule has 2 unspecified atom stereocenters. The van der Waals surface area contributed by atoms with E-state index in [1.807, 2.05) is 0 Å². The van der Waals surface area contributed by atoms with Gasteiger partial charge in [-0.15, -0.1) is 0 Å². The zero-order chi connectivity index (χ0) is 13.7. The quantitative estimate of drug-likeness (QED) is 0.333. The third-order valence-electron chi connectivity index (χ3n) is 2.39. The van der Waals surface area contributed by atoms with Crippen molar-refractivity contribution < 1.29 is 39.1 Å². The largest absolute Gasteiger partial charge is 0.450 e. The number of aliphatic hydroxyl groups excluding tert-OH is 3. The van der Waals surface area contributed by atoms with E-state index < -0.39 is 42.8 Å². The molecule has 3 N–H and O–H groups in total. The van der Waals surface area contributed by atoms with Crippen LogP contribution in [-0.2, 0) is 23.8 Å². The molecule has 0 radical (unpaired) electrons. The maximum absolute atomic E-state index is 11.4. The Kier molecular flexibility index (Phi) is 5.63. The highest BCUT2D eigenvalue weighted by Crippen LogP contribution is 2.19. The van der Waals surface area contributed by atoms with E-state index in [1.165, 1.54) is 7.11 Å². The first-order valence-electron chi connectivity index (χ1n) is 5.33. The summed E-state index contributed by atoms with van der Waals surface area (Å²) in [7, 11) is 1.38. The van der Waals surface area contributed by atoms with Crippen LogP contribution in [0.4, 0.5) is 0 Å². The Bertz CT molecular complexity index is 304. The van der Waals surface area contributed by atoms with Crippen LogP contribution in [0.5, 0.6) is 0 Å². The first-order chi connectivity index (χ1) is 8.51. The van der Waals surface area contributed by atoms with Crippen LogP contribution in [0.15, 0.2) is 0 Å². The SMILES string of the molecule is COCC(O)COC1C(=O)C(=O)O[C@@H]1[C@@H](O)CO. The lowest BCUT2D eigenvalue weighted by Gasteiger charge is -2.21. The molecule has 104 valence electrons. The molecule has 0 spiro atoms. The minimum Gasteiger partial charge on any atom is -0.450 e. The molecular formula is C10H16O8. The third kappa shape index (κ3) is 3.47. The van der Waals surface area contributed by atoms with Gasteiger partial charge in [-0.2, -0.15) is 0 Å². The fourth-order valence-electron chi connectivity index (χ4n) is 1.52. The number of hydrogen-bond acceptors (Lipinski definition) is 8. The average molecular weight is 264 g/mol. The zero-order valence-electron chi connectivity index (χ0n) is 9.81. The molecule has 1 fully saturated rings. The number of carbonyl (C=O) groups is 2. The maximum Gasteiger partial charge on any atom is 0.378 e. The lowest BCUT2D eigenvalue weighted by Crippen LogP contribution is -2.42. The Labute approximate surface area is 103 Å². The minimum absolute atomic E-state index is 0.00291. The number of methoxy groups -OCH3 is 1. The summed E-state index contributed by atoms with van der Waals surface area (Å²) in [5.41, 5.74) is 0. The van der Waals surface area contributed by atoms with Crippen molar-refractivity contribution in [2.75, 3.05) is 26.9 Å². The second-order valence-electron chi connectivity index (χ2n) is 3.85. The number of carbonyl (C=O) groups excluding carboxylic acids is 2. The van der Waals surface area contributed by atoms with E-state index in [2.05, 4.69) is 9.47 Å². The molecule has 1 aliphatic heterocycles. The molecular weight excluding hydrogens is 248 g/mol. The van der Waals surface area contributed by atoms with E-state index in [9.17, 15) is 19.8 Å². The van der Waals surface area contributed by atoms with Gasteiger partial charge < -0.3 is 29.5 Å². The normalized spacial score (nSPS) is 27.1. The summed E-state index contributed by atoms with van der Waals surface area (Å²) in [5.74, 6) is -2.07. The lowest BCUT2D eigenvalue weighted by molar-refractivity contribution is -0.152. The molecule has 1 aliphatic rings. The van der Waals surface area contributed by atoms with Crippen LogP contribution in [0, 0.1) is 0 Å². The molecule has 4 atom stereocenters. The molecule has 0 aromatic rings. The topological polar surface area (TPSA) is 123 Å². The number of ketones is 1. The molecule has 0 amide bonds. The van der Waals surface area contributed by atoms with Gasteiger partial charge in [0.1, 0.15) is 12.2 Å². The van der Waals surface area contributed by atoms with Gasteiger partial charge in [-0.3, -0.25) is 4.79 Å². The maximum atomic E-state index is 11.4. The molecule has 0 aromatic carbocycles. The molecule has 8 heteroatoms. The monoisotopic (exact) mass is 264 g/mol. The number of ether oxygens (including phenoxy) is 3. The zero-order valence-corrected chi connectivity index (χ0v) is 9.81. The van der Waals surface area contributed by atoms with Crippen molar-refractivity contribution >= 4 is 11.8 Å². The number of cyclic esters (lactones) is 1. The number of hydrogen-bond donors (Lipinski definition) is 3. The van der Waals surface area contributed by atoms with Crippen molar-refractivity contribution in [1.29, 1.82) is 0 Å². The van der Waals surface area contributed by atoms with E-state index in [1.54, 1.807) is 0 Å². The van der Waals surface area contributed by atoms with Crippen LogP contribution >= 0.6 is 0 Å².